The number of aliphatic imine (C=N–C) groups is 1. The van der Waals surface area contributed by atoms with E-state index in [-0.39, 0.29) is 13.1 Å². The Morgan fingerprint density at radius 2 is 1.93 bits per heavy atom. The minimum absolute atomic E-state index is 0. The van der Waals surface area contributed by atoms with Gasteiger partial charge < -0.3 is 15.0 Å². The van der Waals surface area contributed by atoms with Crippen molar-refractivity contribution in [3.05, 3.63) is 80.3 Å². The molecule has 9 heteroatoms. The van der Waals surface area contributed by atoms with E-state index in [9.17, 15) is 10.1 Å². The van der Waals surface area contributed by atoms with Crippen molar-refractivity contribution in [1.29, 1.82) is 0 Å². The van der Waals surface area contributed by atoms with Gasteiger partial charge >= 0.3 is 0 Å². The number of non-ortho nitro benzene ring substituents is 1. The molecule has 2 heterocycles. The van der Waals surface area contributed by atoms with Gasteiger partial charge in [-0.3, -0.25) is 15.1 Å². The fraction of sp³-hybridized carbons (Fsp3) is 0.515. The summed E-state index contributed by atoms with van der Waals surface area (Å²) in [6, 6.07) is 6.37. The SMILES string of the molecule is C.CC=N/C(C)=C(/C=C\CCC)C(\N)=C(/C)CC.Cc1noc(-c2ccc([N+](=O)[O-])cc2)c1CSCC1CCC(C)O1. The Bertz CT molecular complexity index is 1250. The third-order valence-electron chi connectivity index (χ3n) is 6.93. The van der Waals surface area contributed by atoms with E-state index in [1.54, 1.807) is 18.3 Å². The van der Waals surface area contributed by atoms with E-state index in [0.717, 1.165) is 77.4 Å². The number of allylic oxidation sites excluding steroid dienone is 4. The molecular formula is C33H50N4O4S. The molecule has 0 radical (unpaired) electrons. The normalized spacial score (nSPS) is 17.9. The minimum atomic E-state index is -0.408. The summed E-state index contributed by atoms with van der Waals surface area (Å²) < 4.78 is 11.3. The summed E-state index contributed by atoms with van der Waals surface area (Å²) in [5.74, 6) is 2.43. The predicted octanol–water partition coefficient (Wildman–Crippen LogP) is 9.35. The number of nitro benzene ring substituents is 1. The largest absolute Gasteiger partial charge is 0.398 e. The van der Waals surface area contributed by atoms with E-state index in [1.807, 2.05) is 32.5 Å². The van der Waals surface area contributed by atoms with Crippen LogP contribution in [0, 0.1) is 17.0 Å². The van der Waals surface area contributed by atoms with E-state index in [1.165, 1.54) is 17.7 Å². The van der Waals surface area contributed by atoms with Gasteiger partial charge in [0.2, 0.25) is 0 Å². The van der Waals surface area contributed by atoms with Gasteiger partial charge in [0.25, 0.3) is 5.69 Å². The average Bonchev–Trinajstić information content (AvgIpc) is 3.55. The number of nitrogens with two attached hydrogens (primary N) is 1. The fourth-order valence-corrected chi connectivity index (χ4v) is 5.45. The quantitative estimate of drug-likeness (QED) is 0.112. The van der Waals surface area contributed by atoms with Crippen molar-refractivity contribution >= 4 is 23.7 Å². The van der Waals surface area contributed by atoms with Crippen molar-refractivity contribution in [3.63, 3.8) is 0 Å². The van der Waals surface area contributed by atoms with Gasteiger partial charge in [-0.05, 0) is 78.0 Å². The smallest absolute Gasteiger partial charge is 0.269 e. The standard InChI is InChI=1S/C17H20N2O4S.C15H26N2.CH4/c1-11-3-8-15(22-11)9-24-10-16-12(2)18-23-17(16)13-4-6-14(7-5-13)19(20)21;1-6-9-10-11-14(13(5)17-8-3)15(16)12(4)7-2;/h4-7,11,15H,3,8-10H2,1-2H3;8,10-11H,6-7,9,16H2,1-5H3;1H4/b;11-10-,14-13-,15-12-,17-8?;. The molecule has 42 heavy (non-hydrogen) atoms. The highest BCUT2D eigenvalue weighted by atomic mass is 32.2. The zero-order valence-electron chi connectivity index (χ0n) is 25.6. The summed E-state index contributed by atoms with van der Waals surface area (Å²) in [6.45, 7) is 14.3. The number of benzene rings is 1. The molecule has 0 amide bonds. The Labute approximate surface area is 256 Å². The lowest BCUT2D eigenvalue weighted by Crippen LogP contribution is -2.11. The van der Waals surface area contributed by atoms with Gasteiger partial charge in [-0.1, -0.05) is 45.0 Å². The molecule has 1 aromatic heterocycles. The first kappa shape index (κ1) is 36.9. The monoisotopic (exact) mass is 598 g/mol. The van der Waals surface area contributed by atoms with Crippen LogP contribution in [0.2, 0.25) is 0 Å². The van der Waals surface area contributed by atoms with Crippen LogP contribution in [0.3, 0.4) is 0 Å². The Hall–Kier alpha value is -3.17. The van der Waals surface area contributed by atoms with Crippen LogP contribution in [0.4, 0.5) is 5.69 Å². The van der Waals surface area contributed by atoms with Gasteiger partial charge in [-0.25, -0.2) is 0 Å². The first-order chi connectivity index (χ1) is 19.6. The number of rotatable bonds is 12. The lowest BCUT2D eigenvalue weighted by atomic mass is 10.0. The molecule has 1 aromatic carbocycles. The second-order valence-electron chi connectivity index (χ2n) is 10.2. The van der Waals surface area contributed by atoms with Crippen LogP contribution < -0.4 is 5.73 Å². The minimum Gasteiger partial charge on any atom is -0.398 e. The first-order valence-electron chi connectivity index (χ1n) is 14.4. The van der Waals surface area contributed by atoms with Gasteiger partial charge in [-0.2, -0.15) is 11.8 Å². The van der Waals surface area contributed by atoms with Crippen molar-refractivity contribution in [2.45, 2.75) is 106 Å². The van der Waals surface area contributed by atoms with Crippen LogP contribution in [0.25, 0.3) is 11.3 Å². The van der Waals surface area contributed by atoms with E-state index >= 15 is 0 Å². The molecule has 2 unspecified atom stereocenters. The zero-order valence-corrected chi connectivity index (χ0v) is 26.4. The van der Waals surface area contributed by atoms with Crippen molar-refractivity contribution in [1.82, 2.24) is 5.16 Å². The first-order valence-corrected chi connectivity index (χ1v) is 15.5. The highest BCUT2D eigenvalue weighted by Gasteiger charge is 2.22. The van der Waals surface area contributed by atoms with E-state index in [0.29, 0.717) is 18.0 Å². The number of nitrogens with zero attached hydrogens (tertiary/aromatic N) is 3. The molecule has 1 saturated heterocycles. The maximum absolute atomic E-state index is 10.8. The maximum atomic E-state index is 10.8. The summed E-state index contributed by atoms with van der Waals surface area (Å²) in [5.41, 5.74) is 13.1. The average molecular weight is 599 g/mol. The molecule has 1 aliphatic rings. The van der Waals surface area contributed by atoms with Crippen molar-refractivity contribution in [3.8, 4) is 11.3 Å². The Balaban J connectivity index is 0.000000438. The lowest BCUT2D eigenvalue weighted by molar-refractivity contribution is -0.384. The number of hydrogen-bond acceptors (Lipinski definition) is 8. The summed E-state index contributed by atoms with van der Waals surface area (Å²) in [5, 5.41) is 14.8. The number of nitro groups is 1. The number of unbranched alkanes of at least 4 members (excludes halogenated alkanes) is 1. The summed E-state index contributed by atoms with van der Waals surface area (Å²) in [7, 11) is 0. The molecule has 0 bridgehead atoms. The Kier molecular flexibility index (Phi) is 16.8. The molecule has 3 rings (SSSR count). The van der Waals surface area contributed by atoms with Crippen LogP contribution in [-0.4, -0.2) is 34.3 Å². The van der Waals surface area contributed by atoms with E-state index < -0.39 is 4.92 Å². The molecule has 2 aromatic rings. The highest BCUT2D eigenvalue weighted by Crippen LogP contribution is 2.32. The third-order valence-corrected chi connectivity index (χ3v) is 8.03. The number of hydrogen-bond donors (Lipinski definition) is 1. The summed E-state index contributed by atoms with van der Waals surface area (Å²) >= 11 is 1.81. The van der Waals surface area contributed by atoms with Crippen LogP contribution in [0.5, 0.6) is 0 Å². The zero-order chi connectivity index (χ0) is 30.4. The van der Waals surface area contributed by atoms with Crippen molar-refractivity contribution in [2.24, 2.45) is 10.7 Å². The second-order valence-corrected chi connectivity index (χ2v) is 11.2. The molecule has 1 fully saturated rings. The van der Waals surface area contributed by atoms with Gasteiger partial charge in [0.1, 0.15) is 0 Å². The molecule has 1 aliphatic heterocycles. The van der Waals surface area contributed by atoms with E-state index in [4.69, 9.17) is 15.0 Å². The number of aryl methyl sites for hydroxylation is 1. The molecule has 2 N–H and O–H groups in total. The van der Waals surface area contributed by atoms with E-state index in [2.05, 4.69) is 50.0 Å². The maximum Gasteiger partial charge on any atom is 0.269 e. The van der Waals surface area contributed by atoms with Gasteiger partial charge in [0.15, 0.2) is 5.76 Å². The van der Waals surface area contributed by atoms with Crippen molar-refractivity contribution < 1.29 is 14.2 Å². The highest BCUT2D eigenvalue weighted by molar-refractivity contribution is 7.98. The Morgan fingerprint density at radius 3 is 2.48 bits per heavy atom. The lowest BCUT2D eigenvalue weighted by Gasteiger charge is -2.10. The van der Waals surface area contributed by atoms with Crippen LogP contribution in [-0.2, 0) is 10.5 Å². The number of ether oxygens (including phenoxy) is 1. The van der Waals surface area contributed by atoms with Crippen LogP contribution in [0.1, 0.15) is 92.3 Å². The number of aromatic nitrogens is 1. The molecule has 232 valence electrons. The molecule has 0 saturated carbocycles. The van der Waals surface area contributed by atoms with Crippen molar-refractivity contribution in [2.75, 3.05) is 5.75 Å². The fourth-order valence-electron chi connectivity index (χ4n) is 4.28. The molecule has 2 atom stereocenters. The van der Waals surface area contributed by atoms with Gasteiger partial charge in [-0.15, -0.1) is 0 Å². The second kappa shape index (κ2) is 19.1. The predicted molar refractivity (Wildman–Crippen MR) is 178 cm³/mol. The van der Waals surface area contributed by atoms with Crippen LogP contribution in [0.15, 0.2) is 68.5 Å². The topological polar surface area (TPSA) is 117 Å². The summed E-state index contributed by atoms with van der Waals surface area (Å²) in [6.07, 6.45) is 12.2. The summed E-state index contributed by atoms with van der Waals surface area (Å²) in [4.78, 5) is 14.7. The van der Waals surface area contributed by atoms with Gasteiger partial charge in [0, 0.05) is 57.9 Å². The number of thioether (sulfide) groups is 1. The van der Waals surface area contributed by atoms with Crippen LogP contribution >= 0.6 is 11.8 Å². The van der Waals surface area contributed by atoms with Gasteiger partial charge in [0.05, 0.1) is 22.8 Å². The molecule has 8 nitrogen and oxygen atoms in total. The third kappa shape index (κ3) is 11.2. The Morgan fingerprint density at radius 1 is 1.24 bits per heavy atom. The molecule has 0 aliphatic carbocycles. The molecule has 0 spiro atoms. The molecular weight excluding hydrogens is 548 g/mol.